The zero-order valence-electron chi connectivity index (χ0n) is 17.0. The summed E-state index contributed by atoms with van der Waals surface area (Å²) < 4.78 is 6.59. The van der Waals surface area contributed by atoms with Crippen molar-refractivity contribution in [2.75, 3.05) is 23.5 Å². The molecule has 0 saturated carbocycles. The second kappa shape index (κ2) is 9.48. The smallest absolute Gasteiger partial charge is 0.341 e. The molecule has 0 saturated heterocycles. The molecule has 11 heteroatoms. The second-order valence-electron chi connectivity index (χ2n) is 6.85. The van der Waals surface area contributed by atoms with E-state index in [0.717, 1.165) is 35.3 Å². The summed E-state index contributed by atoms with van der Waals surface area (Å²) in [5.74, 6) is 6.52. The number of anilines is 1. The van der Waals surface area contributed by atoms with Gasteiger partial charge in [0.2, 0.25) is 11.1 Å². The van der Waals surface area contributed by atoms with E-state index in [0.29, 0.717) is 33.9 Å². The normalized spacial score (nSPS) is 12.5. The van der Waals surface area contributed by atoms with Crippen molar-refractivity contribution in [2.45, 2.75) is 37.8 Å². The van der Waals surface area contributed by atoms with Crippen LogP contribution in [0.5, 0.6) is 0 Å². The molecule has 0 radical (unpaired) electrons. The molecule has 0 spiro atoms. The first kappa shape index (κ1) is 21.3. The van der Waals surface area contributed by atoms with E-state index in [2.05, 4.69) is 20.5 Å². The van der Waals surface area contributed by atoms with Gasteiger partial charge in [-0.1, -0.05) is 11.8 Å². The minimum Gasteiger partial charge on any atom is -0.462 e. The average Bonchev–Trinajstić information content (AvgIpc) is 3.44. The van der Waals surface area contributed by atoms with Crippen LogP contribution in [0.15, 0.2) is 29.7 Å². The highest BCUT2D eigenvalue weighted by molar-refractivity contribution is 7.99. The van der Waals surface area contributed by atoms with Gasteiger partial charge >= 0.3 is 5.97 Å². The molecule has 3 aromatic heterocycles. The molecule has 31 heavy (non-hydrogen) atoms. The highest BCUT2D eigenvalue weighted by Crippen LogP contribution is 2.39. The number of nitrogen functional groups attached to an aromatic ring is 1. The van der Waals surface area contributed by atoms with Gasteiger partial charge in [0, 0.05) is 35.0 Å². The molecule has 162 valence electrons. The number of pyridine rings is 1. The number of nitrogens with one attached hydrogen (secondary N) is 1. The molecule has 0 aliphatic heterocycles. The summed E-state index contributed by atoms with van der Waals surface area (Å²) in [5, 5.41) is 12.2. The van der Waals surface area contributed by atoms with Crippen molar-refractivity contribution in [3.63, 3.8) is 0 Å². The van der Waals surface area contributed by atoms with E-state index < -0.39 is 0 Å². The molecule has 3 aromatic rings. The van der Waals surface area contributed by atoms with Crippen LogP contribution in [-0.4, -0.2) is 44.1 Å². The Morgan fingerprint density at radius 2 is 2.23 bits per heavy atom. The fourth-order valence-corrected chi connectivity index (χ4v) is 5.49. The number of nitrogens with zero attached hydrogens (tertiary/aromatic N) is 4. The number of ether oxygens (including phenoxy) is 1. The lowest BCUT2D eigenvalue weighted by atomic mass is 10.1. The molecule has 9 nitrogen and oxygen atoms in total. The van der Waals surface area contributed by atoms with E-state index >= 15 is 0 Å². The molecule has 0 aromatic carbocycles. The fraction of sp³-hybridized carbons (Fsp3) is 0.350. The maximum Gasteiger partial charge on any atom is 0.341 e. The summed E-state index contributed by atoms with van der Waals surface area (Å²) in [4.78, 5) is 30.2. The highest BCUT2D eigenvalue weighted by Gasteiger charge is 2.28. The van der Waals surface area contributed by atoms with Gasteiger partial charge in [0.15, 0.2) is 5.82 Å². The van der Waals surface area contributed by atoms with E-state index in [1.165, 1.54) is 27.8 Å². The third kappa shape index (κ3) is 4.57. The molecular formula is C20H22N6O3S2. The maximum absolute atomic E-state index is 12.5. The number of thiophene rings is 1. The Morgan fingerprint density at radius 3 is 3.00 bits per heavy atom. The Kier molecular flexibility index (Phi) is 6.52. The first-order chi connectivity index (χ1) is 15.1. The third-order valence-electron chi connectivity index (χ3n) is 4.80. The highest BCUT2D eigenvalue weighted by atomic mass is 32.2. The molecule has 0 fully saturated rings. The summed E-state index contributed by atoms with van der Waals surface area (Å²) in [7, 11) is 0. The summed E-state index contributed by atoms with van der Waals surface area (Å²) in [6, 6.07) is 3.65. The van der Waals surface area contributed by atoms with Crippen LogP contribution in [0.4, 0.5) is 5.00 Å². The van der Waals surface area contributed by atoms with Crippen molar-refractivity contribution in [1.82, 2.24) is 19.9 Å². The minimum absolute atomic E-state index is 0.173. The monoisotopic (exact) mass is 458 g/mol. The van der Waals surface area contributed by atoms with Crippen LogP contribution in [0.2, 0.25) is 0 Å². The SMILES string of the molecule is CCOC(=O)c1c(NC(=O)CCSc2nnc(-c3cccnc3)n2N)sc2c1CCC2. The predicted octanol–water partition coefficient (Wildman–Crippen LogP) is 2.90. The number of thioether (sulfide) groups is 1. The van der Waals surface area contributed by atoms with Crippen LogP contribution in [-0.2, 0) is 22.4 Å². The summed E-state index contributed by atoms with van der Waals surface area (Å²) in [6.45, 7) is 2.07. The Labute approximate surface area is 187 Å². The molecule has 1 amide bonds. The topological polar surface area (TPSA) is 125 Å². The number of amides is 1. The number of carbonyl (C=O) groups is 2. The fourth-order valence-electron chi connectivity index (χ4n) is 3.40. The van der Waals surface area contributed by atoms with E-state index in [1.54, 1.807) is 25.4 Å². The molecule has 3 N–H and O–H groups in total. The molecule has 1 aliphatic rings. The lowest BCUT2D eigenvalue weighted by Gasteiger charge is -2.08. The van der Waals surface area contributed by atoms with E-state index in [-0.39, 0.29) is 18.3 Å². The number of hydrogen-bond acceptors (Lipinski definition) is 9. The van der Waals surface area contributed by atoms with Gasteiger partial charge in [-0.05, 0) is 43.9 Å². The van der Waals surface area contributed by atoms with Gasteiger partial charge in [0.25, 0.3) is 0 Å². The molecule has 1 aliphatic carbocycles. The second-order valence-corrected chi connectivity index (χ2v) is 9.01. The summed E-state index contributed by atoms with van der Waals surface area (Å²) in [5.41, 5.74) is 2.30. The van der Waals surface area contributed by atoms with Crippen LogP contribution < -0.4 is 11.2 Å². The Hall–Kier alpha value is -2.92. The van der Waals surface area contributed by atoms with Gasteiger partial charge in [-0.3, -0.25) is 9.78 Å². The number of esters is 1. The number of aromatic nitrogens is 4. The van der Waals surface area contributed by atoms with Crippen LogP contribution in [0.3, 0.4) is 0 Å². The minimum atomic E-state index is -0.370. The van der Waals surface area contributed by atoms with Gasteiger partial charge in [-0.25, -0.2) is 9.47 Å². The number of carbonyl (C=O) groups excluding carboxylic acids is 2. The van der Waals surface area contributed by atoms with Crippen LogP contribution in [0.1, 0.15) is 40.6 Å². The number of nitrogens with two attached hydrogens (primary N) is 1. The average molecular weight is 459 g/mol. The van der Waals surface area contributed by atoms with Crippen LogP contribution in [0.25, 0.3) is 11.4 Å². The summed E-state index contributed by atoms with van der Waals surface area (Å²) in [6.07, 6.45) is 6.38. The molecule has 0 atom stereocenters. The van der Waals surface area contributed by atoms with Crippen molar-refractivity contribution < 1.29 is 14.3 Å². The third-order valence-corrected chi connectivity index (χ3v) is 6.95. The Morgan fingerprint density at radius 1 is 1.35 bits per heavy atom. The van der Waals surface area contributed by atoms with Crippen LogP contribution >= 0.6 is 23.1 Å². The first-order valence-corrected chi connectivity index (χ1v) is 11.7. The van der Waals surface area contributed by atoms with Gasteiger partial charge in [-0.2, -0.15) is 0 Å². The first-order valence-electron chi connectivity index (χ1n) is 9.93. The molecule has 3 heterocycles. The van der Waals surface area contributed by atoms with Crippen molar-refractivity contribution >= 4 is 40.0 Å². The molecule has 4 rings (SSSR count). The van der Waals surface area contributed by atoms with Gasteiger partial charge < -0.3 is 15.9 Å². The van der Waals surface area contributed by atoms with Crippen molar-refractivity contribution in [2.24, 2.45) is 0 Å². The molecule has 0 unspecified atom stereocenters. The lowest BCUT2D eigenvalue weighted by molar-refractivity contribution is -0.115. The molecule has 0 bridgehead atoms. The summed E-state index contributed by atoms with van der Waals surface area (Å²) >= 11 is 2.81. The predicted molar refractivity (Wildman–Crippen MR) is 120 cm³/mol. The van der Waals surface area contributed by atoms with E-state index in [4.69, 9.17) is 10.6 Å². The van der Waals surface area contributed by atoms with Crippen molar-refractivity contribution in [3.05, 3.63) is 40.5 Å². The lowest BCUT2D eigenvalue weighted by Crippen LogP contribution is -2.16. The van der Waals surface area contributed by atoms with Gasteiger partial charge in [-0.15, -0.1) is 21.5 Å². The largest absolute Gasteiger partial charge is 0.462 e. The van der Waals surface area contributed by atoms with Gasteiger partial charge in [0.1, 0.15) is 5.00 Å². The Balaban J connectivity index is 1.37. The van der Waals surface area contributed by atoms with Crippen LogP contribution in [0, 0.1) is 0 Å². The number of aryl methyl sites for hydroxylation is 1. The number of hydrogen-bond donors (Lipinski definition) is 2. The number of fused-ring (bicyclic) bond motifs is 1. The quantitative estimate of drug-likeness (QED) is 0.300. The van der Waals surface area contributed by atoms with Crippen molar-refractivity contribution in [1.29, 1.82) is 0 Å². The standard InChI is InChI=1S/C20H22N6O3S2/c1-2-29-19(28)16-13-6-3-7-14(13)31-18(16)23-15(27)8-10-30-20-25-24-17(26(20)21)12-5-4-9-22-11-12/h4-5,9,11H,2-3,6-8,10,21H2,1H3,(H,23,27). The number of rotatable bonds is 8. The van der Waals surface area contributed by atoms with E-state index in [9.17, 15) is 9.59 Å². The maximum atomic E-state index is 12.5. The molecular weight excluding hydrogens is 436 g/mol. The van der Waals surface area contributed by atoms with Gasteiger partial charge in [0.05, 0.1) is 12.2 Å². The van der Waals surface area contributed by atoms with Crippen molar-refractivity contribution in [3.8, 4) is 11.4 Å². The zero-order valence-corrected chi connectivity index (χ0v) is 18.6. The Bertz CT molecular complexity index is 1100. The zero-order chi connectivity index (χ0) is 21.8. The van der Waals surface area contributed by atoms with E-state index in [1.807, 2.05) is 6.07 Å².